The van der Waals surface area contributed by atoms with Crippen LogP contribution in [0.4, 0.5) is 9.18 Å². The molecule has 1 aliphatic heterocycles. The molecule has 0 saturated carbocycles. The lowest BCUT2D eigenvalue weighted by atomic mass is 10.1. The van der Waals surface area contributed by atoms with Gasteiger partial charge in [-0.05, 0) is 70.1 Å². The molecule has 3 aromatic carbocycles. The number of halogens is 2. The van der Waals surface area contributed by atoms with Gasteiger partial charge in [0.05, 0.1) is 6.54 Å². The summed E-state index contributed by atoms with van der Waals surface area (Å²) < 4.78 is 20.2. The minimum absolute atomic E-state index is 0.0627. The summed E-state index contributed by atoms with van der Waals surface area (Å²) in [6.45, 7) is 0.446. The van der Waals surface area contributed by atoms with E-state index in [4.69, 9.17) is 4.74 Å². The van der Waals surface area contributed by atoms with Crippen molar-refractivity contribution in [3.05, 3.63) is 105 Å². The molecule has 0 bridgehead atoms. The van der Waals surface area contributed by atoms with E-state index in [1.54, 1.807) is 18.2 Å². The summed E-state index contributed by atoms with van der Waals surface area (Å²) in [6.07, 6.45) is 1.61. The van der Waals surface area contributed by atoms with Crippen LogP contribution in [0.25, 0.3) is 6.08 Å². The zero-order valence-corrected chi connectivity index (χ0v) is 18.5. The van der Waals surface area contributed by atoms with Crippen molar-refractivity contribution in [3.8, 4) is 5.75 Å². The number of nitrogens with one attached hydrogen (secondary N) is 1. The Morgan fingerprint density at radius 1 is 0.935 bits per heavy atom. The van der Waals surface area contributed by atoms with Gasteiger partial charge >= 0.3 is 6.03 Å². The third-order valence-corrected chi connectivity index (χ3v) is 5.46. The summed E-state index contributed by atoms with van der Waals surface area (Å²) in [5.74, 6) is -0.210. The van der Waals surface area contributed by atoms with Gasteiger partial charge in [0.15, 0.2) is 0 Å². The van der Waals surface area contributed by atoms with E-state index in [-0.39, 0.29) is 18.1 Å². The Kier molecular flexibility index (Phi) is 6.31. The molecule has 0 radical (unpaired) electrons. The van der Waals surface area contributed by atoms with Gasteiger partial charge in [-0.2, -0.15) is 0 Å². The zero-order valence-electron chi connectivity index (χ0n) is 16.3. The number of carbonyl (C=O) groups is 2. The molecule has 1 aliphatic rings. The second kappa shape index (κ2) is 9.30. The summed E-state index contributed by atoms with van der Waals surface area (Å²) >= 11 is 2.25. The lowest BCUT2D eigenvalue weighted by Crippen LogP contribution is -2.30. The Labute approximate surface area is 192 Å². The Morgan fingerprint density at radius 2 is 1.61 bits per heavy atom. The smallest absolute Gasteiger partial charge is 0.329 e. The number of imide groups is 1. The van der Waals surface area contributed by atoms with Crippen molar-refractivity contribution in [2.24, 2.45) is 0 Å². The predicted octanol–water partition coefficient (Wildman–Crippen LogP) is 5.10. The Bertz CT molecular complexity index is 1140. The number of rotatable bonds is 6. The minimum Gasteiger partial charge on any atom is -0.488 e. The van der Waals surface area contributed by atoms with Gasteiger partial charge in [0.1, 0.15) is 23.9 Å². The van der Waals surface area contributed by atoms with E-state index >= 15 is 0 Å². The molecular formula is C24H18FIN2O3. The molecule has 0 aliphatic carbocycles. The first-order chi connectivity index (χ1) is 15.0. The Morgan fingerprint density at radius 3 is 2.35 bits per heavy atom. The summed E-state index contributed by atoms with van der Waals surface area (Å²) in [5.41, 5.74) is 2.53. The van der Waals surface area contributed by atoms with Crippen LogP contribution in [0.1, 0.15) is 16.7 Å². The number of carbonyl (C=O) groups excluding carboxylic acids is 2. The van der Waals surface area contributed by atoms with Crippen LogP contribution in [-0.2, 0) is 17.9 Å². The lowest BCUT2D eigenvalue weighted by molar-refractivity contribution is -0.123. The van der Waals surface area contributed by atoms with Crippen molar-refractivity contribution >= 4 is 40.6 Å². The van der Waals surface area contributed by atoms with Crippen molar-refractivity contribution in [1.29, 1.82) is 0 Å². The van der Waals surface area contributed by atoms with Crippen LogP contribution in [0, 0.1) is 9.39 Å². The number of urea groups is 1. The number of hydrogen-bond acceptors (Lipinski definition) is 3. The van der Waals surface area contributed by atoms with Gasteiger partial charge in [-0.25, -0.2) is 9.18 Å². The molecular weight excluding hydrogens is 510 g/mol. The topological polar surface area (TPSA) is 58.6 Å². The standard InChI is InChI=1S/C24H18FIN2O3/c25-19-9-5-16(6-10-19)14-28-23(29)21(27-24(28)30)13-18-3-1-2-4-22(18)31-15-17-7-11-20(26)12-8-17/h1-13H,14-15H2,(H,27,30)/b21-13+. The van der Waals surface area contributed by atoms with Crippen molar-refractivity contribution < 1.29 is 18.7 Å². The number of amides is 3. The van der Waals surface area contributed by atoms with Gasteiger partial charge in [0, 0.05) is 9.13 Å². The predicted molar refractivity (Wildman–Crippen MR) is 123 cm³/mol. The number of hydrogen-bond donors (Lipinski definition) is 1. The molecule has 5 nitrogen and oxygen atoms in total. The van der Waals surface area contributed by atoms with E-state index in [9.17, 15) is 14.0 Å². The van der Waals surface area contributed by atoms with Crippen LogP contribution >= 0.6 is 22.6 Å². The highest BCUT2D eigenvalue weighted by Gasteiger charge is 2.33. The van der Waals surface area contributed by atoms with Crippen molar-refractivity contribution in [1.82, 2.24) is 10.2 Å². The first-order valence-electron chi connectivity index (χ1n) is 9.55. The highest BCUT2D eigenvalue weighted by Crippen LogP contribution is 2.24. The Hall–Kier alpha value is -3.20. The van der Waals surface area contributed by atoms with Gasteiger partial charge < -0.3 is 10.1 Å². The molecule has 1 fully saturated rings. The van der Waals surface area contributed by atoms with Gasteiger partial charge in [-0.1, -0.05) is 42.5 Å². The van der Waals surface area contributed by atoms with E-state index in [1.807, 2.05) is 48.5 Å². The van der Waals surface area contributed by atoms with Crippen LogP contribution in [0.3, 0.4) is 0 Å². The molecule has 3 amide bonds. The fourth-order valence-corrected chi connectivity index (χ4v) is 3.48. The van der Waals surface area contributed by atoms with E-state index in [0.717, 1.165) is 14.0 Å². The molecule has 1 N–H and O–H groups in total. The Balaban J connectivity index is 1.50. The molecule has 0 aromatic heterocycles. The zero-order chi connectivity index (χ0) is 21.8. The van der Waals surface area contributed by atoms with E-state index in [2.05, 4.69) is 27.9 Å². The molecule has 31 heavy (non-hydrogen) atoms. The molecule has 156 valence electrons. The molecule has 0 spiro atoms. The van der Waals surface area contributed by atoms with Gasteiger partial charge in [-0.3, -0.25) is 9.69 Å². The average molecular weight is 528 g/mol. The van der Waals surface area contributed by atoms with Gasteiger partial charge in [0.25, 0.3) is 5.91 Å². The van der Waals surface area contributed by atoms with Gasteiger partial charge in [-0.15, -0.1) is 0 Å². The number of para-hydroxylation sites is 1. The molecule has 1 heterocycles. The van der Waals surface area contributed by atoms with Crippen LogP contribution in [0.2, 0.25) is 0 Å². The summed E-state index contributed by atoms with van der Waals surface area (Å²) in [6, 6.07) is 20.5. The second-order valence-corrected chi connectivity index (χ2v) is 8.20. The van der Waals surface area contributed by atoms with Crippen molar-refractivity contribution in [2.45, 2.75) is 13.2 Å². The van der Waals surface area contributed by atoms with E-state index in [1.165, 1.54) is 12.1 Å². The fraction of sp³-hybridized carbons (Fsp3) is 0.0833. The van der Waals surface area contributed by atoms with Crippen molar-refractivity contribution in [3.63, 3.8) is 0 Å². The average Bonchev–Trinajstić information content (AvgIpc) is 3.03. The lowest BCUT2D eigenvalue weighted by Gasteiger charge is -2.12. The SMILES string of the molecule is O=C1N/C(=C/c2ccccc2OCc2ccc(I)cc2)C(=O)N1Cc1ccc(F)cc1. The quantitative estimate of drug-likeness (QED) is 0.275. The maximum absolute atomic E-state index is 13.1. The third-order valence-electron chi connectivity index (χ3n) is 4.74. The van der Waals surface area contributed by atoms with Gasteiger partial charge in [0.2, 0.25) is 0 Å². The largest absolute Gasteiger partial charge is 0.488 e. The first kappa shape index (κ1) is 21.0. The number of nitrogens with zero attached hydrogens (tertiary/aromatic N) is 1. The molecule has 4 rings (SSSR count). The van der Waals surface area contributed by atoms with Crippen molar-refractivity contribution in [2.75, 3.05) is 0 Å². The minimum atomic E-state index is -0.516. The normalized spacial score (nSPS) is 14.8. The number of ether oxygens (including phenoxy) is 1. The number of benzene rings is 3. The highest BCUT2D eigenvalue weighted by molar-refractivity contribution is 14.1. The molecule has 0 atom stereocenters. The molecule has 7 heteroatoms. The second-order valence-electron chi connectivity index (χ2n) is 6.96. The maximum atomic E-state index is 13.1. The molecule has 3 aromatic rings. The van der Waals surface area contributed by atoms with E-state index < -0.39 is 11.9 Å². The highest BCUT2D eigenvalue weighted by atomic mass is 127. The van der Waals surface area contributed by atoms with Crippen LogP contribution in [-0.4, -0.2) is 16.8 Å². The van der Waals surface area contributed by atoms with Crippen LogP contribution < -0.4 is 10.1 Å². The monoisotopic (exact) mass is 528 g/mol. The third kappa shape index (κ3) is 5.11. The first-order valence-corrected chi connectivity index (χ1v) is 10.6. The van der Waals surface area contributed by atoms with E-state index in [0.29, 0.717) is 23.5 Å². The molecule has 0 unspecified atom stereocenters. The summed E-state index contributed by atoms with van der Waals surface area (Å²) in [7, 11) is 0. The fourth-order valence-electron chi connectivity index (χ4n) is 3.12. The summed E-state index contributed by atoms with van der Waals surface area (Å²) in [5, 5.41) is 2.61. The molecule has 1 saturated heterocycles. The van der Waals surface area contributed by atoms with Crippen LogP contribution in [0.15, 0.2) is 78.5 Å². The summed E-state index contributed by atoms with van der Waals surface area (Å²) in [4.78, 5) is 26.2. The van der Waals surface area contributed by atoms with Crippen LogP contribution in [0.5, 0.6) is 5.75 Å². The maximum Gasteiger partial charge on any atom is 0.329 e.